The van der Waals surface area contributed by atoms with E-state index in [4.69, 9.17) is 10.5 Å². The van der Waals surface area contributed by atoms with E-state index in [2.05, 4.69) is 26.6 Å². The summed E-state index contributed by atoms with van der Waals surface area (Å²) in [5, 5.41) is 5.17. The van der Waals surface area contributed by atoms with Crippen LogP contribution in [-0.4, -0.2) is 18.0 Å². The lowest BCUT2D eigenvalue weighted by atomic mass is 10.2. The van der Waals surface area contributed by atoms with Crippen molar-refractivity contribution < 1.29 is 14.3 Å². The van der Waals surface area contributed by atoms with Gasteiger partial charge in [0.15, 0.2) is 6.10 Å². The number of nitrogens with one attached hydrogen (secondary N) is 2. The van der Waals surface area contributed by atoms with E-state index in [1.165, 1.54) is 0 Å². The first-order valence-corrected chi connectivity index (χ1v) is 7.63. The molecule has 2 aromatic rings. The highest BCUT2D eigenvalue weighted by atomic mass is 79.9. The molecule has 0 saturated heterocycles. The quantitative estimate of drug-likeness (QED) is 0.745. The number of amides is 3. The number of rotatable bonds is 5. The first kappa shape index (κ1) is 16.8. The van der Waals surface area contributed by atoms with E-state index in [1.807, 2.05) is 12.1 Å². The van der Waals surface area contributed by atoms with Gasteiger partial charge in [0.2, 0.25) is 0 Å². The van der Waals surface area contributed by atoms with Crippen molar-refractivity contribution in [1.29, 1.82) is 0 Å². The Hall–Kier alpha value is -2.54. The van der Waals surface area contributed by atoms with Crippen molar-refractivity contribution in [3.63, 3.8) is 0 Å². The zero-order chi connectivity index (χ0) is 16.8. The molecule has 2 aromatic carbocycles. The van der Waals surface area contributed by atoms with Gasteiger partial charge in [-0.05, 0) is 49.4 Å². The topological polar surface area (TPSA) is 93.4 Å². The number of anilines is 2. The number of hydrogen-bond acceptors (Lipinski definition) is 3. The Bertz CT molecular complexity index is 704. The predicted molar refractivity (Wildman–Crippen MR) is 92.5 cm³/mol. The van der Waals surface area contributed by atoms with Gasteiger partial charge in [0, 0.05) is 15.8 Å². The average molecular weight is 378 g/mol. The van der Waals surface area contributed by atoms with Gasteiger partial charge in [-0.2, -0.15) is 0 Å². The van der Waals surface area contributed by atoms with Crippen LogP contribution in [0.5, 0.6) is 5.75 Å². The summed E-state index contributed by atoms with van der Waals surface area (Å²) >= 11 is 3.33. The number of carbonyl (C=O) groups excluding carboxylic acids is 2. The van der Waals surface area contributed by atoms with Gasteiger partial charge in [-0.3, -0.25) is 4.79 Å². The van der Waals surface area contributed by atoms with E-state index in [1.54, 1.807) is 43.3 Å². The van der Waals surface area contributed by atoms with Crippen LogP contribution < -0.4 is 21.1 Å². The van der Waals surface area contributed by atoms with E-state index < -0.39 is 12.1 Å². The van der Waals surface area contributed by atoms with Crippen LogP contribution >= 0.6 is 15.9 Å². The largest absolute Gasteiger partial charge is 0.481 e. The summed E-state index contributed by atoms with van der Waals surface area (Å²) in [6, 6.07) is 13.2. The normalized spacial score (nSPS) is 11.4. The van der Waals surface area contributed by atoms with Gasteiger partial charge < -0.3 is 21.1 Å². The van der Waals surface area contributed by atoms with Gasteiger partial charge >= 0.3 is 6.03 Å². The third-order valence-corrected chi connectivity index (χ3v) is 3.42. The Morgan fingerprint density at radius 1 is 1.09 bits per heavy atom. The predicted octanol–water partition coefficient (Wildman–Crippen LogP) is 3.35. The Morgan fingerprint density at radius 3 is 2.30 bits per heavy atom. The van der Waals surface area contributed by atoms with Gasteiger partial charge in [0.1, 0.15) is 5.75 Å². The summed E-state index contributed by atoms with van der Waals surface area (Å²) in [5.74, 6) is 0.295. The van der Waals surface area contributed by atoms with Gasteiger partial charge in [-0.1, -0.05) is 22.0 Å². The summed E-state index contributed by atoms with van der Waals surface area (Å²) < 4.78 is 6.51. The third-order valence-electron chi connectivity index (χ3n) is 2.89. The fourth-order valence-electron chi connectivity index (χ4n) is 1.83. The molecule has 0 aliphatic heterocycles. The Labute approximate surface area is 142 Å². The molecule has 6 nitrogen and oxygen atoms in total. The van der Waals surface area contributed by atoms with Gasteiger partial charge in [0.05, 0.1) is 0 Å². The number of primary amides is 1. The van der Waals surface area contributed by atoms with Crippen LogP contribution in [-0.2, 0) is 4.79 Å². The molecule has 0 saturated carbocycles. The van der Waals surface area contributed by atoms with Crippen LogP contribution in [0.25, 0.3) is 0 Å². The molecule has 0 heterocycles. The highest BCUT2D eigenvalue weighted by Crippen LogP contribution is 2.19. The van der Waals surface area contributed by atoms with Gasteiger partial charge in [0.25, 0.3) is 5.91 Å². The Morgan fingerprint density at radius 2 is 1.70 bits per heavy atom. The fourth-order valence-corrected chi connectivity index (χ4v) is 2.10. The molecule has 3 amide bonds. The molecular weight excluding hydrogens is 362 g/mol. The number of benzene rings is 2. The minimum atomic E-state index is -0.677. The number of ether oxygens (including phenoxy) is 1. The molecular formula is C16H16BrN3O3. The molecule has 7 heteroatoms. The van der Waals surface area contributed by atoms with E-state index in [0.29, 0.717) is 17.1 Å². The number of carbonyl (C=O) groups is 2. The molecule has 4 N–H and O–H groups in total. The molecule has 0 aliphatic rings. The van der Waals surface area contributed by atoms with Crippen molar-refractivity contribution in [1.82, 2.24) is 0 Å². The first-order valence-electron chi connectivity index (χ1n) is 6.83. The van der Waals surface area contributed by atoms with Crippen molar-refractivity contribution in [3.05, 3.63) is 53.0 Å². The number of hydrogen-bond donors (Lipinski definition) is 3. The van der Waals surface area contributed by atoms with Crippen LogP contribution in [0.2, 0.25) is 0 Å². The number of halogens is 1. The molecule has 0 aromatic heterocycles. The zero-order valence-electron chi connectivity index (χ0n) is 12.4. The maximum Gasteiger partial charge on any atom is 0.316 e. The average Bonchev–Trinajstić information content (AvgIpc) is 2.49. The molecule has 23 heavy (non-hydrogen) atoms. The monoisotopic (exact) mass is 377 g/mol. The zero-order valence-corrected chi connectivity index (χ0v) is 14.0. The van der Waals surface area contributed by atoms with Crippen LogP contribution in [0.3, 0.4) is 0 Å². The van der Waals surface area contributed by atoms with Crippen molar-refractivity contribution in [2.24, 2.45) is 5.73 Å². The van der Waals surface area contributed by atoms with Crippen molar-refractivity contribution in [2.75, 3.05) is 10.6 Å². The smallest absolute Gasteiger partial charge is 0.316 e. The van der Waals surface area contributed by atoms with Gasteiger partial charge in [-0.15, -0.1) is 0 Å². The summed E-state index contributed by atoms with van der Waals surface area (Å²) in [6.45, 7) is 1.66. The summed E-state index contributed by atoms with van der Waals surface area (Å²) in [4.78, 5) is 23.0. The van der Waals surface area contributed by atoms with E-state index >= 15 is 0 Å². The summed E-state index contributed by atoms with van der Waals surface area (Å²) in [5.41, 5.74) is 6.09. The standard InChI is InChI=1S/C16H16BrN3O3/c1-10(23-14-7-5-11(17)6-8-14)15(21)19-12-3-2-4-13(9-12)20-16(18)22/h2-10H,1H3,(H,19,21)(H3,18,20,22). The molecule has 0 radical (unpaired) electrons. The molecule has 120 valence electrons. The lowest BCUT2D eigenvalue weighted by molar-refractivity contribution is -0.122. The number of nitrogens with two attached hydrogens (primary N) is 1. The number of urea groups is 1. The summed E-state index contributed by atoms with van der Waals surface area (Å²) in [6.07, 6.45) is -0.677. The van der Waals surface area contributed by atoms with E-state index in [-0.39, 0.29) is 5.91 Å². The lowest BCUT2D eigenvalue weighted by Crippen LogP contribution is -2.30. The minimum absolute atomic E-state index is 0.302. The van der Waals surface area contributed by atoms with Crippen LogP contribution in [0, 0.1) is 0 Å². The van der Waals surface area contributed by atoms with Crippen molar-refractivity contribution in [3.8, 4) is 5.75 Å². The van der Waals surface area contributed by atoms with Crippen LogP contribution in [0.1, 0.15) is 6.92 Å². The second-order valence-corrected chi connectivity index (χ2v) is 5.69. The molecule has 0 aliphatic carbocycles. The molecule has 1 unspecified atom stereocenters. The maximum absolute atomic E-state index is 12.2. The second kappa shape index (κ2) is 7.64. The van der Waals surface area contributed by atoms with Crippen LogP contribution in [0.4, 0.5) is 16.2 Å². The second-order valence-electron chi connectivity index (χ2n) is 4.77. The maximum atomic E-state index is 12.2. The third kappa shape index (κ3) is 5.30. The Kier molecular flexibility index (Phi) is 5.59. The highest BCUT2D eigenvalue weighted by molar-refractivity contribution is 9.10. The van der Waals surface area contributed by atoms with Crippen LogP contribution in [0.15, 0.2) is 53.0 Å². The van der Waals surface area contributed by atoms with E-state index in [0.717, 1.165) is 4.47 Å². The fraction of sp³-hybridized carbons (Fsp3) is 0.125. The SMILES string of the molecule is CC(Oc1ccc(Br)cc1)C(=O)Nc1cccc(NC(N)=O)c1. The molecule has 1 atom stereocenters. The lowest BCUT2D eigenvalue weighted by Gasteiger charge is -2.15. The minimum Gasteiger partial charge on any atom is -0.481 e. The van der Waals surface area contributed by atoms with Gasteiger partial charge in [-0.25, -0.2) is 4.79 Å². The Balaban J connectivity index is 1.97. The van der Waals surface area contributed by atoms with E-state index in [9.17, 15) is 9.59 Å². The molecule has 0 fully saturated rings. The summed E-state index contributed by atoms with van der Waals surface area (Å²) in [7, 11) is 0. The first-order chi connectivity index (χ1) is 10.9. The van der Waals surface area contributed by atoms with Crippen molar-refractivity contribution >= 4 is 39.2 Å². The highest BCUT2D eigenvalue weighted by Gasteiger charge is 2.15. The molecule has 2 rings (SSSR count). The molecule has 0 spiro atoms. The van der Waals surface area contributed by atoms with Crippen molar-refractivity contribution in [2.45, 2.75) is 13.0 Å². The molecule has 0 bridgehead atoms.